The van der Waals surface area contributed by atoms with E-state index in [1.165, 1.54) is 12.8 Å². The van der Waals surface area contributed by atoms with Gasteiger partial charge in [0.1, 0.15) is 6.04 Å². The number of hydrogen-bond acceptors (Lipinski definition) is 8. The Balaban J connectivity index is 0.995. The molecule has 7 rings (SSSR count). The van der Waals surface area contributed by atoms with E-state index in [-0.39, 0.29) is 29.9 Å². The molecule has 2 saturated carbocycles. The first-order valence-electron chi connectivity index (χ1n) is 14.2. The molecule has 4 aliphatic rings. The van der Waals surface area contributed by atoms with E-state index in [4.69, 9.17) is 5.10 Å². The summed E-state index contributed by atoms with van der Waals surface area (Å²) >= 11 is 0. The lowest BCUT2D eigenvalue weighted by atomic mass is 9.80. The molecule has 0 bridgehead atoms. The number of pyridine rings is 1. The number of fused-ring (bicyclic) bond motifs is 1. The van der Waals surface area contributed by atoms with Gasteiger partial charge in [0.2, 0.25) is 11.8 Å². The molecule has 11 nitrogen and oxygen atoms in total. The molecule has 1 saturated heterocycles. The highest BCUT2D eigenvalue weighted by molar-refractivity contribution is 6.23. The topological polar surface area (TPSA) is 138 Å². The Bertz CT molecular complexity index is 1590. The van der Waals surface area contributed by atoms with Crippen molar-refractivity contribution in [1.82, 2.24) is 25.0 Å². The van der Waals surface area contributed by atoms with E-state index in [9.17, 15) is 19.2 Å². The van der Waals surface area contributed by atoms with E-state index in [1.54, 1.807) is 18.2 Å². The van der Waals surface area contributed by atoms with Crippen LogP contribution in [0.15, 0.2) is 42.7 Å². The summed E-state index contributed by atoms with van der Waals surface area (Å²) in [6, 6.07) is 8.45. The molecular formula is C30H31N7O4. The van der Waals surface area contributed by atoms with Crippen LogP contribution in [-0.4, -0.2) is 62.9 Å². The molecule has 3 aromatic rings. The maximum Gasteiger partial charge on any atom is 0.262 e. The number of nitrogens with zero attached hydrogens (tertiary/aromatic N) is 4. The summed E-state index contributed by atoms with van der Waals surface area (Å²) in [6.45, 7) is 0.738. The number of aromatic nitrogens is 3. The zero-order valence-electron chi connectivity index (χ0n) is 22.7. The molecule has 1 atom stereocenters. The Morgan fingerprint density at radius 2 is 1.80 bits per heavy atom. The molecule has 1 aromatic carbocycles. The molecule has 3 fully saturated rings. The quantitative estimate of drug-likeness (QED) is 0.361. The highest BCUT2D eigenvalue weighted by atomic mass is 16.2. The number of nitrogens with one attached hydrogen (secondary N) is 3. The van der Waals surface area contributed by atoms with Crippen LogP contribution >= 0.6 is 0 Å². The number of amides is 4. The summed E-state index contributed by atoms with van der Waals surface area (Å²) in [6.07, 6.45) is 8.54. The molecule has 11 heteroatoms. The molecule has 0 spiro atoms. The second-order valence-corrected chi connectivity index (χ2v) is 11.4. The molecular weight excluding hydrogens is 522 g/mol. The Labute approximate surface area is 236 Å². The fourth-order valence-corrected chi connectivity index (χ4v) is 6.18. The van der Waals surface area contributed by atoms with Gasteiger partial charge in [-0.2, -0.15) is 5.10 Å². The molecule has 0 radical (unpaired) electrons. The van der Waals surface area contributed by atoms with Crippen LogP contribution in [-0.2, 0) is 9.59 Å². The van der Waals surface area contributed by atoms with Crippen LogP contribution in [0.5, 0.6) is 0 Å². The largest absolute Gasteiger partial charge is 0.386 e. The van der Waals surface area contributed by atoms with Crippen molar-refractivity contribution in [2.24, 2.45) is 5.92 Å². The maximum absolute atomic E-state index is 13.1. The minimum atomic E-state index is -0.964. The standard InChI is InChI=1S/C30H31N7O4/c1-31-23-3-2-10-32-27(23)22-15-36(35-26(22)17-4-5-17)19-11-16(12-19)14-33-18-6-7-20-21(13-18)30(41)37(29(20)40)24-8-9-25(38)34-28(24)39/h2-3,6-7,10,13,15-17,19,24,31,33H,4-5,8-9,11-12,14H2,1H3,(H,34,38,39). The first-order valence-corrected chi connectivity index (χ1v) is 14.2. The van der Waals surface area contributed by atoms with Crippen molar-refractivity contribution in [3.63, 3.8) is 0 Å². The smallest absolute Gasteiger partial charge is 0.262 e. The number of piperidine rings is 1. The SMILES string of the molecule is CNc1cccnc1-c1cn(C2CC(CNc3ccc4c(c3)C(=O)N(C3CCC(=O)NC3=O)C4=O)C2)nc1C1CC1. The summed E-state index contributed by atoms with van der Waals surface area (Å²) in [5.74, 6) is -1.03. The number of imide groups is 2. The lowest BCUT2D eigenvalue weighted by molar-refractivity contribution is -0.136. The fraction of sp³-hybridized carbons (Fsp3) is 0.400. The zero-order valence-corrected chi connectivity index (χ0v) is 22.7. The molecule has 2 aliphatic heterocycles. The average molecular weight is 554 g/mol. The number of hydrogen-bond donors (Lipinski definition) is 3. The third-order valence-electron chi connectivity index (χ3n) is 8.68. The predicted octanol–water partition coefficient (Wildman–Crippen LogP) is 3.33. The molecule has 3 N–H and O–H groups in total. The van der Waals surface area contributed by atoms with Crippen molar-refractivity contribution in [1.29, 1.82) is 0 Å². The van der Waals surface area contributed by atoms with Crippen LogP contribution < -0.4 is 16.0 Å². The monoisotopic (exact) mass is 553 g/mol. The Hall–Kier alpha value is -4.54. The maximum atomic E-state index is 13.1. The minimum absolute atomic E-state index is 0.0981. The van der Waals surface area contributed by atoms with Crippen LogP contribution in [0.1, 0.15) is 76.9 Å². The number of benzene rings is 1. The van der Waals surface area contributed by atoms with Gasteiger partial charge in [0.15, 0.2) is 0 Å². The first-order chi connectivity index (χ1) is 19.9. The lowest BCUT2D eigenvalue weighted by Crippen LogP contribution is -2.54. The van der Waals surface area contributed by atoms with Crippen molar-refractivity contribution in [2.45, 2.75) is 56.5 Å². The number of carbonyl (C=O) groups is 4. The van der Waals surface area contributed by atoms with Gasteiger partial charge in [0.25, 0.3) is 11.8 Å². The molecule has 210 valence electrons. The lowest BCUT2D eigenvalue weighted by Gasteiger charge is -2.35. The Morgan fingerprint density at radius 1 is 1.00 bits per heavy atom. The Morgan fingerprint density at radius 3 is 2.56 bits per heavy atom. The number of carbonyl (C=O) groups excluding carboxylic acids is 4. The van der Waals surface area contributed by atoms with Gasteiger partial charge < -0.3 is 10.6 Å². The van der Waals surface area contributed by atoms with Gasteiger partial charge >= 0.3 is 0 Å². The van der Waals surface area contributed by atoms with E-state index in [0.29, 0.717) is 17.9 Å². The van der Waals surface area contributed by atoms with Gasteiger partial charge in [-0.3, -0.25) is 39.1 Å². The third kappa shape index (κ3) is 4.45. The normalized spacial score (nSPS) is 23.7. The highest BCUT2D eigenvalue weighted by Crippen LogP contribution is 2.46. The highest BCUT2D eigenvalue weighted by Gasteiger charge is 2.44. The molecule has 2 aromatic heterocycles. The summed E-state index contributed by atoms with van der Waals surface area (Å²) < 4.78 is 2.12. The van der Waals surface area contributed by atoms with Crippen LogP contribution in [0.2, 0.25) is 0 Å². The molecule has 4 amide bonds. The van der Waals surface area contributed by atoms with E-state index in [2.05, 4.69) is 31.8 Å². The summed E-state index contributed by atoms with van der Waals surface area (Å²) in [7, 11) is 1.91. The zero-order chi connectivity index (χ0) is 28.2. The summed E-state index contributed by atoms with van der Waals surface area (Å²) in [4.78, 5) is 55.5. The van der Waals surface area contributed by atoms with Gasteiger partial charge in [0, 0.05) is 49.6 Å². The fourth-order valence-electron chi connectivity index (χ4n) is 6.18. The van der Waals surface area contributed by atoms with Crippen LogP contribution in [0.3, 0.4) is 0 Å². The minimum Gasteiger partial charge on any atom is -0.386 e. The van der Waals surface area contributed by atoms with Crippen LogP contribution in [0.4, 0.5) is 11.4 Å². The first kappa shape index (κ1) is 25.4. The number of rotatable bonds is 8. The van der Waals surface area contributed by atoms with Crippen molar-refractivity contribution >= 4 is 35.0 Å². The molecule has 1 unspecified atom stereocenters. The van der Waals surface area contributed by atoms with Crippen molar-refractivity contribution in [2.75, 3.05) is 24.2 Å². The molecule has 41 heavy (non-hydrogen) atoms. The van der Waals surface area contributed by atoms with Gasteiger partial charge in [-0.25, -0.2) is 0 Å². The summed E-state index contributed by atoms with van der Waals surface area (Å²) in [5, 5.41) is 13.9. The Kier molecular flexibility index (Phi) is 6.09. The van der Waals surface area contributed by atoms with E-state index >= 15 is 0 Å². The third-order valence-corrected chi connectivity index (χ3v) is 8.68. The van der Waals surface area contributed by atoms with Crippen LogP contribution in [0.25, 0.3) is 11.3 Å². The van der Waals surface area contributed by atoms with E-state index < -0.39 is 23.8 Å². The van der Waals surface area contributed by atoms with Gasteiger partial charge in [-0.1, -0.05) is 0 Å². The number of anilines is 2. The molecule has 2 aliphatic carbocycles. The second-order valence-electron chi connectivity index (χ2n) is 11.4. The summed E-state index contributed by atoms with van der Waals surface area (Å²) in [5.41, 5.74) is 5.52. The predicted molar refractivity (Wildman–Crippen MR) is 150 cm³/mol. The van der Waals surface area contributed by atoms with Gasteiger partial charge in [-0.05, 0) is 68.4 Å². The molecule has 4 heterocycles. The van der Waals surface area contributed by atoms with Crippen molar-refractivity contribution in [3.05, 3.63) is 59.5 Å². The second kappa shape index (κ2) is 9.83. The van der Waals surface area contributed by atoms with Crippen molar-refractivity contribution in [3.8, 4) is 11.3 Å². The van der Waals surface area contributed by atoms with Gasteiger partial charge in [0.05, 0.1) is 34.2 Å². The van der Waals surface area contributed by atoms with Crippen molar-refractivity contribution < 1.29 is 19.2 Å². The van der Waals surface area contributed by atoms with Crippen LogP contribution in [0, 0.1) is 5.92 Å². The van der Waals surface area contributed by atoms with E-state index in [0.717, 1.165) is 52.6 Å². The van der Waals surface area contributed by atoms with Gasteiger partial charge in [-0.15, -0.1) is 0 Å². The van der Waals surface area contributed by atoms with E-state index in [1.807, 2.05) is 25.4 Å². The average Bonchev–Trinajstić information content (AvgIpc) is 3.66.